The summed E-state index contributed by atoms with van der Waals surface area (Å²) in [7, 11) is 1.35. The van der Waals surface area contributed by atoms with Gasteiger partial charge in [0.15, 0.2) is 6.61 Å². The largest absolute Gasteiger partial charge is 0.465 e. The van der Waals surface area contributed by atoms with Crippen LogP contribution in [-0.4, -0.2) is 42.9 Å². The first kappa shape index (κ1) is 26.0. The molecule has 3 aromatic rings. The summed E-state index contributed by atoms with van der Waals surface area (Å²) in [6, 6.07) is 15.6. The van der Waals surface area contributed by atoms with Gasteiger partial charge in [0.2, 0.25) is 5.78 Å². The van der Waals surface area contributed by atoms with Crippen LogP contribution in [0.1, 0.15) is 55.5 Å². The zero-order valence-electron chi connectivity index (χ0n) is 20.2. The zero-order valence-corrected chi connectivity index (χ0v) is 21.0. The maximum absolute atomic E-state index is 12.6. The highest BCUT2D eigenvalue weighted by atomic mass is 32.1. The number of hydrogen-bond acceptors (Lipinski definition) is 9. The second-order valence-corrected chi connectivity index (χ2v) is 9.72. The Morgan fingerprint density at radius 2 is 1.92 bits per heavy atom. The fourth-order valence-corrected chi connectivity index (χ4v) is 5.75. The highest BCUT2D eigenvalue weighted by Crippen LogP contribution is 2.42. The van der Waals surface area contributed by atoms with Crippen LogP contribution in [0.25, 0.3) is 0 Å². The number of nitro benzene ring substituents is 1. The standard InChI is InChI=1S/C27H26N2O7S/c1-35-27(32)25-21-11-10-18(17-6-3-2-4-7-17)15-23(21)37-26(25)28-13-12-24(31)36-16-22(30)19-8-5-9-20(14-19)29(33)34/h2-9,14,18,28H,10-13,15-16H2,1H3. The maximum Gasteiger partial charge on any atom is 0.341 e. The molecule has 4 rings (SSSR count). The van der Waals surface area contributed by atoms with Crippen LogP contribution in [-0.2, 0) is 27.1 Å². The molecule has 2 aromatic carbocycles. The maximum atomic E-state index is 12.6. The molecule has 0 amide bonds. The number of anilines is 1. The van der Waals surface area contributed by atoms with Crippen molar-refractivity contribution in [2.45, 2.75) is 31.6 Å². The molecule has 37 heavy (non-hydrogen) atoms. The summed E-state index contributed by atoms with van der Waals surface area (Å²) in [6.45, 7) is -0.309. The Morgan fingerprint density at radius 1 is 1.14 bits per heavy atom. The Balaban J connectivity index is 1.34. The van der Waals surface area contributed by atoms with Gasteiger partial charge in [-0.2, -0.15) is 0 Å². The number of esters is 2. The zero-order chi connectivity index (χ0) is 26.4. The van der Waals surface area contributed by atoms with Crippen LogP contribution in [0.2, 0.25) is 0 Å². The molecule has 1 aromatic heterocycles. The van der Waals surface area contributed by atoms with Crippen molar-refractivity contribution in [2.75, 3.05) is 25.6 Å². The predicted molar refractivity (Wildman–Crippen MR) is 138 cm³/mol. The number of hydrogen-bond donors (Lipinski definition) is 1. The third kappa shape index (κ3) is 6.21. The Bertz CT molecular complexity index is 1320. The molecule has 192 valence electrons. The first-order chi connectivity index (χ1) is 17.9. The number of non-ortho nitro benzene ring substituents is 1. The molecule has 0 saturated heterocycles. The third-order valence-electron chi connectivity index (χ3n) is 6.28. The van der Waals surface area contributed by atoms with Crippen molar-refractivity contribution in [1.29, 1.82) is 0 Å². The lowest BCUT2D eigenvalue weighted by Gasteiger charge is -2.22. The van der Waals surface area contributed by atoms with Gasteiger partial charge < -0.3 is 14.8 Å². The number of ether oxygens (including phenoxy) is 2. The van der Waals surface area contributed by atoms with E-state index in [4.69, 9.17) is 9.47 Å². The first-order valence-electron chi connectivity index (χ1n) is 11.8. The molecule has 9 nitrogen and oxygen atoms in total. The minimum absolute atomic E-state index is 0.0297. The molecular formula is C27H26N2O7S. The molecular weight excluding hydrogens is 496 g/mol. The van der Waals surface area contributed by atoms with Gasteiger partial charge in [0.05, 0.1) is 24.0 Å². The summed E-state index contributed by atoms with van der Waals surface area (Å²) >= 11 is 1.50. The van der Waals surface area contributed by atoms with Gasteiger partial charge in [-0.05, 0) is 36.3 Å². The van der Waals surface area contributed by atoms with E-state index >= 15 is 0 Å². The highest BCUT2D eigenvalue weighted by molar-refractivity contribution is 7.16. The van der Waals surface area contributed by atoms with Gasteiger partial charge in [-0.3, -0.25) is 19.7 Å². The van der Waals surface area contributed by atoms with Crippen molar-refractivity contribution in [2.24, 2.45) is 0 Å². The normalized spacial score (nSPS) is 14.4. The molecule has 1 N–H and O–H groups in total. The van der Waals surface area contributed by atoms with Crippen LogP contribution in [0.5, 0.6) is 0 Å². The molecule has 0 bridgehead atoms. The van der Waals surface area contributed by atoms with Crippen LogP contribution in [0.3, 0.4) is 0 Å². The number of nitrogens with one attached hydrogen (secondary N) is 1. The second-order valence-electron chi connectivity index (χ2n) is 8.62. The van der Waals surface area contributed by atoms with Crippen LogP contribution in [0, 0.1) is 10.1 Å². The Morgan fingerprint density at radius 3 is 2.65 bits per heavy atom. The van der Waals surface area contributed by atoms with Crippen LogP contribution in [0.4, 0.5) is 10.7 Å². The van der Waals surface area contributed by atoms with Gasteiger partial charge in [0, 0.05) is 29.1 Å². The number of nitro groups is 1. The number of Topliss-reactive ketones (excluding diaryl/α,β-unsaturated/α-hetero) is 1. The molecule has 1 aliphatic carbocycles. The molecule has 0 spiro atoms. The van der Waals surface area contributed by atoms with Crippen molar-refractivity contribution < 1.29 is 28.8 Å². The van der Waals surface area contributed by atoms with E-state index in [1.807, 2.05) is 18.2 Å². The lowest BCUT2D eigenvalue weighted by Crippen LogP contribution is -2.17. The van der Waals surface area contributed by atoms with E-state index in [1.165, 1.54) is 42.2 Å². The number of carbonyl (C=O) groups is 3. The minimum Gasteiger partial charge on any atom is -0.465 e. The minimum atomic E-state index is -0.601. The second kappa shape index (κ2) is 11.8. The van der Waals surface area contributed by atoms with E-state index in [1.54, 1.807) is 0 Å². The molecule has 0 aliphatic heterocycles. The summed E-state index contributed by atoms with van der Waals surface area (Å²) in [5, 5.41) is 14.7. The molecule has 0 fully saturated rings. The predicted octanol–water partition coefficient (Wildman–Crippen LogP) is 4.94. The van der Waals surface area contributed by atoms with Crippen LogP contribution < -0.4 is 5.32 Å². The average molecular weight is 523 g/mol. The lowest BCUT2D eigenvalue weighted by molar-refractivity contribution is -0.384. The molecule has 1 heterocycles. The van der Waals surface area contributed by atoms with Crippen molar-refractivity contribution >= 4 is 39.7 Å². The molecule has 0 radical (unpaired) electrons. The average Bonchev–Trinajstić information content (AvgIpc) is 3.29. The van der Waals surface area contributed by atoms with E-state index in [2.05, 4.69) is 17.4 Å². The highest BCUT2D eigenvalue weighted by Gasteiger charge is 2.30. The third-order valence-corrected chi connectivity index (χ3v) is 7.50. The van der Waals surface area contributed by atoms with E-state index in [9.17, 15) is 24.5 Å². The number of thiophene rings is 1. The Hall–Kier alpha value is -4.05. The molecule has 1 atom stereocenters. The summed E-state index contributed by atoms with van der Waals surface area (Å²) in [4.78, 5) is 48.4. The Labute approximate surface area is 217 Å². The van der Waals surface area contributed by atoms with Gasteiger partial charge in [0.25, 0.3) is 5.69 Å². The van der Waals surface area contributed by atoms with E-state index in [-0.39, 0.29) is 24.2 Å². The van der Waals surface area contributed by atoms with Crippen molar-refractivity contribution in [1.82, 2.24) is 0 Å². The Kier molecular flexibility index (Phi) is 8.29. The van der Waals surface area contributed by atoms with Gasteiger partial charge in [-0.25, -0.2) is 4.79 Å². The quantitative estimate of drug-likeness (QED) is 0.172. The topological polar surface area (TPSA) is 125 Å². The van der Waals surface area contributed by atoms with E-state index < -0.39 is 29.3 Å². The van der Waals surface area contributed by atoms with Gasteiger partial charge in [-0.1, -0.05) is 42.5 Å². The fraction of sp³-hybridized carbons (Fsp3) is 0.296. The smallest absolute Gasteiger partial charge is 0.341 e. The number of fused-ring (bicyclic) bond motifs is 1. The number of benzene rings is 2. The van der Waals surface area contributed by atoms with Crippen molar-refractivity contribution in [3.63, 3.8) is 0 Å². The molecule has 0 saturated carbocycles. The number of methoxy groups -OCH3 is 1. The number of carbonyl (C=O) groups excluding carboxylic acids is 3. The first-order valence-corrected chi connectivity index (χ1v) is 12.6. The van der Waals surface area contributed by atoms with Crippen molar-refractivity contribution in [3.05, 3.63) is 91.8 Å². The summed E-state index contributed by atoms with van der Waals surface area (Å²) in [5.74, 6) is -1.17. The molecule has 1 unspecified atom stereocenters. The van der Waals surface area contributed by atoms with Gasteiger partial charge >= 0.3 is 11.9 Å². The molecule has 10 heteroatoms. The number of nitrogens with zero attached hydrogens (tertiary/aromatic N) is 1. The van der Waals surface area contributed by atoms with E-state index in [0.717, 1.165) is 35.8 Å². The molecule has 1 aliphatic rings. The van der Waals surface area contributed by atoms with Gasteiger partial charge in [-0.15, -0.1) is 11.3 Å². The van der Waals surface area contributed by atoms with Crippen LogP contribution in [0.15, 0.2) is 54.6 Å². The van der Waals surface area contributed by atoms with Crippen molar-refractivity contribution in [3.8, 4) is 0 Å². The summed E-state index contributed by atoms with van der Waals surface area (Å²) in [6.07, 6.45) is 2.50. The summed E-state index contributed by atoms with van der Waals surface area (Å²) < 4.78 is 10.1. The van der Waals surface area contributed by atoms with Crippen LogP contribution >= 0.6 is 11.3 Å². The summed E-state index contributed by atoms with van der Waals surface area (Å²) in [5.41, 5.74) is 2.68. The SMILES string of the molecule is COC(=O)c1c(NCCC(=O)OCC(=O)c2cccc([N+](=O)[O-])c2)sc2c1CCC(c1ccccc1)C2. The van der Waals surface area contributed by atoms with E-state index in [0.29, 0.717) is 16.5 Å². The number of rotatable bonds is 10. The lowest BCUT2D eigenvalue weighted by atomic mass is 9.83. The fourth-order valence-electron chi connectivity index (χ4n) is 4.41. The number of ketones is 1. The monoisotopic (exact) mass is 522 g/mol. The van der Waals surface area contributed by atoms with Gasteiger partial charge in [0.1, 0.15) is 5.00 Å².